The smallest absolute Gasteiger partial charge is 0.325 e. The third-order valence-electron chi connectivity index (χ3n) is 4.13. The number of hydrogen-bond acceptors (Lipinski definition) is 3. The largest absolute Gasteiger partial charge is 0.386 e. The molecule has 0 bridgehead atoms. The number of urea groups is 1. The standard InChI is InChI=1S/C15H18F2N2O3/c1-8(2)15(3)13(21)19(14(22)18-15)7-12(20)10-6-9(16)4-5-11(10)17/h4-6,8,12,20H,7H2,1-3H3,(H,18,22)/t12-,15-/m1/s1. The van der Waals surface area contributed by atoms with Gasteiger partial charge in [-0.3, -0.25) is 9.69 Å². The van der Waals surface area contributed by atoms with Gasteiger partial charge in [-0.1, -0.05) is 13.8 Å². The number of aliphatic hydroxyl groups excluding tert-OH is 1. The Morgan fingerprint density at radius 3 is 2.50 bits per heavy atom. The summed E-state index contributed by atoms with van der Waals surface area (Å²) < 4.78 is 26.8. The van der Waals surface area contributed by atoms with Crippen LogP contribution < -0.4 is 5.32 Å². The van der Waals surface area contributed by atoms with Crippen LogP contribution in [0.1, 0.15) is 32.4 Å². The third kappa shape index (κ3) is 2.68. The van der Waals surface area contributed by atoms with Gasteiger partial charge in [-0.2, -0.15) is 0 Å². The maximum Gasteiger partial charge on any atom is 0.325 e. The predicted molar refractivity (Wildman–Crippen MR) is 74.8 cm³/mol. The molecule has 2 atom stereocenters. The molecule has 0 radical (unpaired) electrons. The van der Waals surface area contributed by atoms with Gasteiger partial charge in [-0.25, -0.2) is 13.6 Å². The average Bonchev–Trinajstić information content (AvgIpc) is 2.66. The second kappa shape index (κ2) is 5.64. The minimum absolute atomic E-state index is 0.156. The maximum absolute atomic E-state index is 13.6. The van der Waals surface area contributed by atoms with E-state index in [1.165, 1.54) is 0 Å². The van der Waals surface area contributed by atoms with E-state index in [9.17, 15) is 23.5 Å². The highest BCUT2D eigenvalue weighted by atomic mass is 19.1. The molecule has 1 aliphatic rings. The number of hydrogen-bond donors (Lipinski definition) is 2. The summed E-state index contributed by atoms with van der Waals surface area (Å²) in [7, 11) is 0. The predicted octanol–water partition coefficient (Wildman–Crippen LogP) is 1.96. The van der Waals surface area contributed by atoms with Crippen LogP contribution in [0, 0.1) is 17.6 Å². The molecule has 22 heavy (non-hydrogen) atoms. The first-order valence-electron chi connectivity index (χ1n) is 6.94. The molecule has 7 heteroatoms. The van der Waals surface area contributed by atoms with Gasteiger partial charge in [0.2, 0.25) is 0 Å². The molecule has 0 unspecified atom stereocenters. The van der Waals surface area contributed by atoms with Crippen LogP contribution in [0.25, 0.3) is 0 Å². The quantitative estimate of drug-likeness (QED) is 0.835. The van der Waals surface area contributed by atoms with Crippen molar-refractivity contribution in [3.63, 3.8) is 0 Å². The van der Waals surface area contributed by atoms with Gasteiger partial charge in [0, 0.05) is 5.56 Å². The minimum Gasteiger partial charge on any atom is -0.386 e. The molecular formula is C15H18F2N2O3. The van der Waals surface area contributed by atoms with Gasteiger partial charge in [0.15, 0.2) is 0 Å². The Morgan fingerprint density at radius 2 is 1.95 bits per heavy atom. The second-order valence-corrected chi connectivity index (χ2v) is 5.88. The van der Waals surface area contributed by atoms with E-state index in [1.54, 1.807) is 20.8 Å². The molecule has 0 spiro atoms. The number of carbonyl (C=O) groups excluding carboxylic acids is 2. The Hall–Kier alpha value is -2.02. The molecule has 3 amide bonds. The number of aliphatic hydroxyl groups is 1. The van der Waals surface area contributed by atoms with Gasteiger partial charge in [-0.05, 0) is 31.0 Å². The Bertz CT molecular complexity index is 621. The first kappa shape index (κ1) is 16.4. The highest BCUT2D eigenvalue weighted by Gasteiger charge is 2.50. The number of carbonyl (C=O) groups is 2. The molecular weight excluding hydrogens is 294 g/mol. The fraction of sp³-hybridized carbons (Fsp3) is 0.467. The Kier molecular flexibility index (Phi) is 4.19. The number of halogens is 2. The number of amides is 3. The molecule has 0 saturated carbocycles. The van der Waals surface area contributed by atoms with Crippen LogP contribution in [-0.4, -0.2) is 34.0 Å². The van der Waals surface area contributed by atoms with Gasteiger partial charge in [0.25, 0.3) is 5.91 Å². The van der Waals surface area contributed by atoms with E-state index in [2.05, 4.69) is 5.32 Å². The number of β-amino-alcohol motifs (C(OH)–C–C–N with tert-alkyl or cyclic N) is 1. The van der Waals surface area contributed by atoms with Crippen molar-refractivity contribution in [2.75, 3.05) is 6.54 Å². The maximum atomic E-state index is 13.6. The Labute approximate surface area is 126 Å². The van der Waals surface area contributed by atoms with Gasteiger partial charge in [-0.15, -0.1) is 0 Å². The molecule has 1 aliphatic heterocycles. The lowest BCUT2D eigenvalue weighted by Crippen LogP contribution is -2.48. The summed E-state index contributed by atoms with van der Waals surface area (Å²) in [4.78, 5) is 25.1. The highest BCUT2D eigenvalue weighted by molar-refractivity contribution is 6.07. The first-order valence-corrected chi connectivity index (χ1v) is 6.94. The van der Waals surface area contributed by atoms with Crippen LogP contribution in [0.3, 0.4) is 0 Å². The van der Waals surface area contributed by atoms with Crippen molar-refractivity contribution >= 4 is 11.9 Å². The van der Waals surface area contributed by atoms with E-state index in [0.29, 0.717) is 0 Å². The summed E-state index contributed by atoms with van der Waals surface area (Å²) in [6.07, 6.45) is -1.50. The molecule has 2 rings (SSSR count). The monoisotopic (exact) mass is 312 g/mol. The lowest BCUT2D eigenvalue weighted by molar-refractivity contribution is -0.133. The molecule has 5 nitrogen and oxygen atoms in total. The Morgan fingerprint density at radius 1 is 1.32 bits per heavy atom. The zero-order valence-corrected chi connectivity index (χ0v) is 12.6. The van der Waals surface area contributed by atoms with Crippen molar-refractivity contribution in [3.8, 4) is 0 Å². The molecule has 1 aromatic rings. The van der Waals surface area contributed by atoms with Crippen molar-refractivity contribution in [1.82, 2.24) is 10.2 Å². The van der Waals surface area contributed by atoms with Crippen molar-refractivity contribution in [1.29, 1.82) is 0 Å². The third-order valence-corrected chi connectivity index (χ3v) is 4.13. The number of benzene rings is 1. The van der Waals surface area contributed by atoms with Crippen molar-refractivity contribution < 1.29 is 23.5 Å². The second-order valence-electron chi connectivity index (χ2n) is 5.88. The molecule has 2 N–H and O–H groups in total. The topological polar surface area (TPSA) is 69.6 Å². The lowest BCUT2D eigenvalue weighted by Gasteiger charge is -2.26. The van der Waals surface area contributed by atoms with Crippen molar-refractivity contribution in [2.24, 2.45) is 5.92 Å². The summed E-state index contributed by atoms with van der Waals surface area (Å²) in [6, 6.07) is 2.00. The average molecular weight is 312 g/mol. The summed E-state index contributed by atoms with van der Waals surface area (Å²) in [5, 5.41) is 12.6. The number of nitrogens with zero attached hydrogens (tertiary/aromatic N) is 1. The fourth-order valence-corrected chi connectivity index (χ4v) is 2.31. The Balaban J connectivity index is 2.22. The molecule has 0 aromatic heterocycles. The fourth-order valence-electron chi connectivity index (χ4n) is 2.31. The minimum atomic E-state index is -1.50. The number of rotatable bonds is 4. The first-order chi connectivity index (χ1) is 10.2. The van der Waals surface area contributed by atoms with Crippen molar-refractivity contribution in [2.45, 2.75) is 32.4 Å². The van der Waals surface area contributed by atoms with Crippen LogP contribution in [0.5, 0.6) is 0 Å². The lowest BCUT2D eigenvalue weighted by atomic mass is 9.88. The van der Waals surface area contributed by atoms with Crippen LogP contribution in [-0.2, 0) is 4.79 Å². The number of nitrogens with one attached hydrogen (secondary N) is 1. The van der Waals surface area contributed by atoms with Crippen LogP contribution in [0.15, 0.2) is 18.2 Å². The zero-order chi connectivity index (χ0) is 16.7. The molecule has 1 fully saturated rings. The van der Waals surface area contributed by atoms with Gasteiger partial charge in [0.1, 0.15) is 23.3 Å². The molecule has 1 aromatic carbocycles. The van der Waals surface area contributed by atoms with Gasteiger partial charge < -0.3 is 10.4 Å². The van der Waals surface area contributed by atoms with Crippen molar-refractivity contribution in [3.05, 3.63) is 35.4 Å². The summed E-state index contributed by atoms with van der Waals surface area (Å²) in [5.74, 6) is -2.16. The van der Waals surface area contributed by atoms with Gasteiger partial charge >= 0.3 is 6.03 Å². The van der Waals surface area contributed by atoms with Gasteiger partial charge in [0.05, 0.1) is 6.54 Å². The van der Waals surface area contributed by atoms with E-state index >= 15 is 0 Å². The van der Waals surface area contributed by atoms with E-state index in [1.807, 2.05) is 0 Å². The molecule has 120 valence electrons. The summed E-state index contributed by atoms with van der Waals surface area (Å²) in [6.45, 7) is 4.72. The summed E-state index contributed by atoms with van der Waals surface area (Å²) >= 11 is 0. The highest BCUT2D eigenvalue weighted by Crippen LogP contribution is 2.28. The zero-order valence-electron chi connectivity index (χ0n) is 12.6. The SMILES string of the molecule is CC(C)[C@@]1(C)NC(=O)N(C[C@@H](O)c2cc(F)ccc2F)C1=O. The van der Waals surface area contributed by atoms with E-state index < -0.39 is 41.8 Å². The van der Waals surface area contributed by atoms with E-state index in [0.717, 1.165) is 23.1 Å². The molecule has 1 saturated heterocycles. The van der Waals surface area contributed by atoms with Crippen LogP contribution in [0.4, 0.5) is 13.6 Å². The normalized spacial score (nSPS) is 23.1. The molecule has 1 heterocycles. The van der Waals surface area contributed by atoms with Crippen LogP contribution in [0.2, 0.25) is 0 Å². The van der Waals surface area contributed by atoms with Crippen LogP contribution >= 0.6 is 0 Å². The van der Waals surface area contributed by atoms with E-state index in [4.69, 9.17) is 0 Å². The summed E-state index contributed by atoms with van der Waals surface area (Å²) in [5.41, 5.74) is -1.36. The molecule has 0 aliphatic carbocycles. The number of imide groups is 1. The van der Waals surface area contributed by atoms with E-state index in [-0.39, 0.29) is 11.5 Å².